The van der Waals surface area contributed by atoms with Gasteiger partial charge in [-0.25, -0.2) is 0 Å². The van der Waals surface area contributed by atoms with Crippen LogP contribution in [-0.2, 0) is 17.6 Å². The average Bonchev–Trinajstić information content (AvgIpc) is 2.55. The molecule has 0 atom stereocenters. The summed E-state index contributed by atoms with van der Waals surface area (Å²) in [7, 11) is 0. The molecule has 2 aliphatic rings. The molecule has 2 heterocycles. The largest absolute Gasteiger partial charge is 0.493 e. The number of carbonyl (C=O) groups excluding carboxylic acids is 1. The highest BCUT2D eigenvalue weighted by Crippen LogP contribution is 2.27. The summed E-state index contributed by atoms with van der Waals surface area (Å²) in [4.78, 5) is 11.0. The van der Waals surface area contributed by atoms with E-state index in [9.17, 15) is 4.79 Å². The SMILES string of the molecule is Brc1ccc2c(c1)CCCO2.O=C1COc2ccc(Br)cc2C1. The Bertz CT molecular complexity index is 728. The van der Waals surface area contributed by atoms with Crippen LogP contribution in [0.5, 0.6) is 11.5 Å². The molecular formula is C18H16Br2O3. The molecule has 0 aliphatic carbocycles. The number of hydrogen-bond donors (Lipinski definition) is 0. The van der Waals surface area contributed by atoms with Gasteiger partial charge in [0.15, 0.2) is 5.78 Å². The molecule has 3 nitrogen and oxygen atoms in total. The average molecular weight is 440 g/mol. The van der Waals surface area contributed by atoms with Gasteiger partial charge in [0.25, 0.3) is 0 Å². The minimum atomic E-state index is 0.139. The van der Waals surface area contributed by atoms with Crippen molar-refractivity contribution in [2.24, 2.45) is 0 Å². The van der Waals surface area contributed by atoms with Crippen molar-refractivity contribution in [3.05, 3.63) is 56.5 Å². The van der Waals surface area contributed by atoms with E-state index in [-0.39, 0.29) is 12.4 Å². The molecule has 23 heavy (non-hydrogen) atoms. The summed E-state index contributed by atoms with van der Waals surface area (Å²) < 4.78 is 12.8. The van der Waals surface area contributed by atoms with E-state index >= 15 is 0 Å². The quantitative estimate of drug-likeness (QED) is 0.595. The summed E-state index contributed by atoms with van der Waals surface area (Å²) >= 11 is 6.78. The van der Waals surface area contributed by atoms with Crippen molar-refractivity contribution in [1.82, 2.24) is 0 Å². The number of rotatable bonds is 0. The zero-order valence-corrected chi connectivity index (χ0v) is 15.7. The van der Waals surface area contributed by atoms with Crippen LogP contribution in [0.15, 0.2) is 45.3 Å². The maximum Gasteiger partial charge on any atom is 0.174 e. The minimum Gasteiger partial charge on any atom is -0.493 e. The molecular weight excluding hydrogens is 424 g/mol. The molecule has 2 aromatic carbocycles. The molecule has 0 saturated heterocycles. The fourth-order valence-corrected chi connectivity index (χ4v) is 3.39. The lowest BCUT2D eigenvalue weighted by atomic mass is 10.1. The lowest BCUT2D eigenvalue weighted by molar-refractivity contribution is -0.121. The zero-order valence-electron chi connectivity index (χ0n) is 12.5. The molecule has 0 spiro atoms. The summed E-state index contributed by atoms with van der Waals surface area (Å²) in [6, 6.07) is 11.9. The van der Waals surface area contributed by atoms with Crippen molar-refractivity contribution in [2.45, 2.75) is 19.3 Å². The maximum absolute atomic E-state index is 11.0. The van der Waals surface area contributed by atoms with Crippen molar-refractivity contribution < 1.29 is 14.3 Å². The monoisotopic (exact) mass is 438 g/mol. The number of benzene rings is 2. The van der Waals surface area contributed by atoms with Crippen LogP contribution in [0.25, 0.3) is 0 Å². The second-order valence-corrected chi connectivity index (χ2v) is 7.29. The summed E-state index contributed by atoms with van der Waals surface area (Å²) in [5.41, 5.74) is 2.30. The van der Waals surface area contributed by atoms with Gasteiger partial charge in [0.05, 0.1) is 6.61 Å². The molecule has 0 fully saturated rings. The number of carbonyl (C=O) groups is 1. The maximum atomic E-state index is 11.0. The van der Waals surface area contributed by atoms with Gasteiger partial charge in [-0.05, 0) is 54.8 Å². The number of hydrogen-bond acceptors (Lipinski definition) is 3. The highest BCUT2D eigenvalue weighted by Gasteiger charge is 2.16. The number of Topliss-reactive ketones (excluding diaryl/α,β-unsaturated/α-hetero) is 1. The molecule has 2 aliphatic heterocycles. The van der Waals surface area contributed by atoms with Crippen molar-refractivity contribution >= 4 is 37.6 Å². The minimum absolute atomic E-state index is 0.139. The van der Waals surface area contributed by atoms with Gasteiger partial charge < -0.3 is 9.47 Å². The Balaban J connectivity index is 0.000000136. The molecule has 4 rings (SSSR count). The lowest BCUT2D eigenvalue weighted by Crippen LogP contribution is -2.19. The number of aryl methyl sites for hydroxylation is 1. The van der Waals surface area contributed by atoms with E-state index in [1.54, 1.807) is 0 Å². The van der Waals surface area contributed by atoms with E-state index in [0.29, 0.717) is 6.42 Å². The number of fused-ring (bicyclic) bond motifs is 2. The van der Waals surface area contributed by atoms with Gasteiger partial charge in [0, 0.05) is 20.9 Å². The smallest absolute Gasteiger partial charge is 0.174 e. The van der Waals surface area contributed by atoms with E-state index < -0.39 is 0 Å². The van der Waals surface area contributed by atoms with Crippen LogP contribution in [0.4, 0.5) is 0 Å². The van der Waals surface area contributed by atoms with E-state index in [1.165, 1.54) is 5.56 Å². The fraction of sp³-hybridized carbons (Fsp3) is 0.278. The van der Waals surface area contributed by atoms with E-state index in [1.807, 2.05) is 30.3 Å². The second-order valence-electron chi connectivity index (χ2n) is 5.46. The van der Waals surface area contributed by atoms with Crippen LogP contribution in [0, 0.1) is 0 Å². The first-order valence-electron chi connectivity index (χ1n) is 7.46. The molecule has 2 aromatic rings. The lowest BCUT2D eigenvalue weighted by Gasteiger charge is -2.16. The summed E-state index contributed by atoms with van der Waals surface area (Å²) in [6.45, 7) is 1.09. The van der Waals surface area contributed by atoms with E-state index in [4.69, 9.17) is 9.47 Å². The molecule has 120 valence electrons. The Morgan fingerprint density at radius 2 is 1.52 bits per heavy atom. The van der Waals surface area contributed by atoms with Crippen LogP contribution in [0.3, 0.4) is 0 Å². The van der Waals surface area contributed by atoms with Crippen LogP contribution >= 0.6 is 31.9 Å². The first-order valence-corrected chi connectivity index (χ1v) is 9.04. The predicted molar refractivity (Wildman–Crippen MR) is 96.3 cm³/mol. The van der Waals surface area contributed by atoms with Crippen molar-refractivity contribution in [2.75, 3.05) is 13.2 Å². The number of ketones is 1. The second kappa shape index (κ2) is 7.49. The van der Waals surface area contributed by atoms with Gasteiger partial charge in [-0.1, -0.05) is 31.9 Å². The summed E-state index contributed by atoms with van der Waals surface area (Å²) in [5, 5.41) is 0. The molecule has 0 N–H and O–H groups in total. The Morgan fingerprint density at radius 3 is 2.26 bits per heavy atom. The third-order valence-corrected chi connectivity index (χ3v) is 4.66. The van der Waals surface area contributed by atoms with Crippen LogP contribution in [0.1, 0.15) is 17.5 Å². The first kappa shape index (κ1) is 16.5. The standard InChI is InChI=1S/C9H7BrO2.C9H9BrO/c10-7-1-2-9-6(3-7)4-8(11)5-12-9;10-8-3-4-9-7(6-8)2-1-5-11-9/h1-3H,4-5H2;3-4,6H,1-2,5H2. The third-order valence-electron chi connectivity index (χ3n) is 3.67. The predicted octanol–water partition coefficient (Wildman–Crippen LogP) is 4.73. The normalized spacial score (nSPS) is 15.3. The molecule has 5 heteroatoms. The van der Waals surface area contributed by atoms with Crippen molar-refractivity contribution in [1.29, 1.82) is 0 Å². The highest BCUT2D eigenvalue weighted by atomic mass is 79.9. The van der Waals surface area contributed by atoms with Gasteiger partial charge in [0.1, 0.15) is 18.1 Å². The Morgan fingerprint density at radius 1 is 0.870 bits per heavy atom. The van der Waals surface area contributed by atoms with Gasteiger partial charge in [-0.2, -0.15) is 0 Å². The van der Waals surface area contributed by atoms with Crippen LogP contribution < -0.4 is 9.47 Å². The summed E-state index contributed by atoms with van der Waals surface area (Å²) in [6.07, 6.45) is 2.78. The van der Waals surface area contributed by atoms with Gasteiger partial charge in [0.2, 0.25) is 0 Å². The van der Waals surface area contributed by atoms with E-state index in [0.717, 1.165) is 45.5 Å². The zero-order chi connectivity index (χ0) is 16.2. The summed E-state index contributed by atoms with van der Waals surface area (Å²) in [5.74, 6) is 2.03. The molecule has 0 unspecified atom stereocenters. The fourth-order valence-electron chi connectivity index (χ4n) is 2.58. The molecule has 0 aromatic heterocycles. The van der Waals surface area contributed by atoms with Crippen molar-refractivity contribution in [3.8, 4) is 11.5 Å². The van der Waals surface area contributed by atoms with Gasteiger partial charge >= 0.3 is 0 Å². The van der Waals surface area contributed by atoms with Gasteiger partial charge in [-0.3, -0.25) is 4.79 Å². The number of ether oxygens (including phenoxy) is 2. The molecule has 0 saturated carbocycles. The number of halogens is 2. The van der Waals surface area contributed by atoms with Gasteiger partial charge in [-0.15, -0.1) is 0 Å². The molecule has 0 radical (unpaired) electrons. The Labute approximate surface area is 152 Å². The van der Waals surface area contributed by atoms with Crippen molar-refractivity contribution in [3.63, 3.8) is 0 Å². The van der Waals surface area contributed by atoms with Crippen LogP contribution in [-0.4, -0.2) is 19.0 Å². The third kappa shape index (κ3) is 4.36. The topological polar surface area (TPSA) is 35.5 Å². The Kier molecular flexibility index (Phi) is 5.38. The van der Waals surface area contributed by atoms with Crippen LogP contribution in [0.2, 0.25) is 0 Å². The molecule has 0 bridgehead atoms. The van der Waals surface area contributed by atoms with E-state index in [2.05, 4.69) is 37.9 Å². The molecule has 0 amide bonds. The highest BCUT2D eigenvalue weighted by molar-refractivity contribution is 9.10. The first-order chi connectivity index (χ1) is 11.1. The Hall–Kier alpha value is -1.33.